The van der Waals surface area contributed by atoms with Gasteiger partial charge in [-0.1, -0.05) is 6.07 Å². The van der Waals surface area contributed by atoms with Gasteiger partial charge in [-0.25, -0.2) is 0 Å². The lowest BCUT2D eigenvalue weighted by Crippen LogP contribution is -2.25. The molecule has 0 aliphatic carbocycles. The van der Waals surface area contributed by atoms with E-state index in [-0.39, 0.29) is 17.6 Å². The van der Waals surface area contributed by atoms with Crippen molar-refractivity contribution in [3.8, 4) is 5.75 Å². The molecule has 0 fully saturated rings. The van der Waals surface area contributed by atoms with Crippen molar-refractivity contribution in [3.63, 3.8) is 0 Å². The fourth-order valence-electron chi connectivity index (χ4n) is 1.59. The topological polar surface area (TPSA) is 92.4 Å². The molecule has 0 aliphatic heterocycles. The van der Waals surface area contributed by atoms with E-state index >= 15 is 0 Å². The van der Waals surface area contributed by atoms with Crippen molar-refractivity contribution in [2.45, 2.75) is 26.2 Å². The molecule has 1 rings (SSSR count). The highest BCUT2D eigenvalue weighted by atomic mass is 16.3. The molecule has 98 valence electrons. The molecule has 0 spiro atoms. The first-order valence-corrected chi connectivity index (χ1v) is 5.87. The van der Waals surface area contributed by atoms with Crippen LogP contribution >= 0.6 is 0 Å². The van der Waals surface area contributed by atoms with Crippen molar-refractivity contribution in [1.29, 1.82) is 0 Å². The number of amides is 2. The molecule has 18 heavy (non-hydrogen) atoms. The first kappa shape index (κ1) is 14.0. The smallest absolute Gasteiger partial charge is 0.251 e. The Morgan fingerprint density at radius 2 is 2.06 bits per heavy atom. The summed E-state index contributed by atoms with van der Waals surface area (Å²) in [5.41, 5.74) is 6.03. The summed E-state index contributed by atoms with van der Waals surface area (Å²) in [6.45, 7) is 2.18. The van der Waals surface area contributed by atoms with Crippen molar-refractivity contribution >= 4 is 11.8 Å². The molecule has 1 aromatic carbocycles. The van der Waals surface area contributed by atoms with Gasteiger partial charge in [-0.15, -0.1) is 0 Å². The summed E-state index contributed by atoms with van der Waals surface area (Å²) in [6, 6.07) is 4.83. The SMILES string of the molecule is Cc1c(O)cccc1C(=O)NCCCCC(N)=O. The third-order valence-electron chi connectivity index (χ3n) is 2.69. The molecular formula is C13H18N2O3. The number of hydrogen-bond acceptors (Lipinski definition) is 3. The van der Waals surface area contributed by atoms with Crippen LogP contribution in [0, 0.1) is 6.92 Å². The molecule has 1 aromatic rings. The Balaban J connectivity index is 2.41. The maximum Gasteiger partial charge on any atom is 0.251 e. The van der Waals surface area contributed by atoms with E-state index in [4.69, 9.17) is 5.73 Å². The molecule has 0 unspecified atom stereocenters. The fraction of sp³-hybridized carbons (Fsp3) is 0.385. The van der Waals surface area contributed by atoms with E-state index in [9.17, 15) is 14.7 Å². The highest BCUT2D eigenvalue weighted by Crippen LogP contribution is 2.19. The second-order valence-electron chi connectivity index (χ2n) is 4.13. The molecule has 0 aliphatic rings. The molecular weight excluding hydrogens is 232 g/mol. The Morgan fingerprint density at radius 3 is 2.72 bits per heavy atom. The van der Waals surface area contributed by atoms with Crippen LogP contribution in [0.1, 0.15) is 35.2 Å². The van der Waals surface area contributed by atoms with Crippen LogP contribution in [0.25, 0.3) is 0 Å². The molecule has 0 heterocycles. The van der Waals surface area contributed by atoms with E-state index in [1.807, 2.05) is 0 Å². The second-order valence-corrected chi connectivity index (χ2v) is 4.13. The zero-order valence-electron chi connectivity index (χ0n) is 10.4. The number of unbranched alkanes of at least 4 members (excludes halogenated alkanes) is 1. The monoisotopic (exact) mass is 250 g/mol. The summed E-state index contributed by atoms with van der Waals surface area (Å²) in [7, 11) is 0. The zero-order valence-corrected chi connectivity index (χ0v) is 10.4. The van der Waals surface area contributed by atoms with Gasteiger partial charge in [0.2, 0.25) is 5.91 Å². The highest BCUT2D eigenvalue weighted by molar-refractivity contribution is 5.96. The van der Waals surface area contributed by atoms with Gasteiger partial charge in [-0.2, -0.15) is 0 Å². The van der Waals surface area contributed by atoms with Gasteiger partial charge in [0, 0.05) is 24.1 Å². The van der Waals surface area contributed by atoms with Crippen LogP contribution in [-0.2, 0) is 4.79 Å². The van der Waals surface area contributed by atoms with Crippen LogP contribution in [0.4, 0.5) is 0 Å². The van der Waals surface area contributed by atoms with E-state index in [1.54, 1.807) is 25.1 Å². The average molecular weight is 250 g/mol. The number of phenols is 1. The summed E-state index contributed by atoms with van der Waals surface area (Å²) in [5.74, 6) is -0.441. The summed E-state index contributed by atoms with van der Waals surface area (Å²) >= 11 is 0. The molecule has 0 bridgehead atoms. The molecule has 0 saturated heterocycles. The number of nitrogens with one attached hydrogen (secondary N) is 1. The number of carbonyl (C=O) groups is 2. The Kier molecular flexibility index (Phi) is 5.17. The Labute approximate surface area is 106 Å². The number of carbonyl (C=O) groups excluding carboxylic acids is 2. The van der Waals surface area contributed by atoms with Crippen LogP contribution < -0.4 is 11.1 Å². The van der Waals surface area contributed by atoms with E-state index < -0.39 is 0 Å². The lowest BCUT2D eigenvalue weighted by molar-refractivity contribution is -0.118. The van der Waals surface area contributed by atoms with E-state index in [2.05, 4.69) is 5.32 Å². The van der Waals surface area contributed by atoms with Gasteiger partial charge in [-0.05, 0) is 31.9 Å². The number of rotatable bonds is 6. The molecule has 0 atom stereocenters. The average Bonchev–Trinajstić information content (AvgIpc) is 2.31. The van der Waals surface area contributed by atoms with Gasteiger partial charge in [0.25, 0.3) is 5.91 Å². The van der Waals surface area contributed by atoms with Crippen LogP contribution in [-0.4, -0.2) is 23.5 Å². The lowest BCUT2D eigenvalue weighted by atomic mass is 10.1. The third-order valence-corrected chi connectivity index (χ3v) is 2.69. The van der Waals surface area contributed by atoms with Crippen molar-refractivity contribution in [1.82, 2.24) is 5.32 Å². The van der Waals surface area contributed by atoms with Gasteiger partial charge >= 0.3 is 0 Å². The van der Waals surface area contributed by atoms with Crippen LogP contribution in [0.15, 0.2) is 18.2 Å². The van der Waals surface area contributed by atoms with Crippen LogP contribution in [0.5, 0.6) is 5.75 Å². The Bertz CT molecular complexity index is 444. The first-order valence-electron chi connectivity index (χ1n) is 5.87. The van der Waals surface area contributed by atoms with Crippen molar-refractivity contribution in [3.05, 3.63) is 29.3 Å². The minimum absolute atomic E-state index is 0.108. The predicted molar refractivity (Wildman–Crippen MR) is 68.2 cm³/mol. The van der Waals surface area contributed by atoms with Gasteiger partial charge in [0.05, 0.1) is 0 Å². The highest BCUT2D eigenvalue weighted by Gasteiger charge is 2.10. The third kappa shape index (κ3) is 4.08. The van der Waals surface area contributed by atoms with Gasteiger partial charge in [-0.3, -0.25) is 9.59 Å². The first-order chi connectivity index (χ1) is 8.52. The molecule has 5 nitrogen and oxygen atoms in total. The standard InChI is InChI=1S/C13H18N2O3/c1-9-10(5-4-6-11(9)16)13(18)15-8-3-2-7-12(14)17/h4-6,16H,2-3,7-8H2,1H3,(H2,14,17)(H,15,18). The number of benzene rings is 1. The van der Waals surface area contributed by atoms with Crippen LogP contribution in [0.3, 0.4) is 0 Å². The molecule has 0 aromatic heterocycles. The van der Waals surface area contributed by atoms with Crippen molar-refractivity contribution in [2.24, 2.45) is 5.73 Å². The predicted octanol–water partition coefficient (Wildman–Crippen LogP) is 1.09. The quantitative estimate of drug-likeness (QED) is 0.660. The molecule has 0 radical (unpaired) electrons. The number of nitrogens with two attached hydrogens (primary N) is 1. The normalized spacial score (nSPS) is 10.1. The minimum Gasteiger partial charge on any atom is -0.508 e. The maximum absolute atomic E-state index is 11.8. The van der Waals surface area contributed by atoms with Gasteiger partial charge < -0.3 is 16.2 Å². The largest absolute Gasteiger partial charge is 0.508 e. The van der Waals surface area contributed by atoms with Crippen LogP contribution in [0.2, 0.25) is 0 Å². The summed E-state index contributed by atoms with van der Waals surface area (Å²) in [6.07, 6.45) is 1.70. The Morgan fingerprint density at radius 1 is 1.33 bits per heavy atom. The second kappa shape index (κ2) is 6.64. The van der Waals surface area contributed by atoms with Crippen molar-refractivity contribution < 1.29 is 14.7 Å². The summed E-state index contributed by atoms with van der Waals surface area (Å²) < 4.78 is 0. The molecule has 2 amide bonds. The van der Waals surface area contributed by atoms with Crippen molar-refractivity contribution in [2.75, 3.05) is 6.54 Å². The number of phenolic OH excluding ortho intramolecular Hbond substituents is 1. The number of hydrogen-bond donors (Lipinski definition) is 3. The number of primary amides is 1. The summed E-state index contributed by atoms with van der Waals surface area (Å²) in [4.78, 5) is 22.3. The lowest BCUT2D eigenvalue weighted by Gasteiger charge is -2.08. The van der Waals surface area contributed by atoms with Gasteiger partial charge in [0.1, 0.15) is 5.75 Å². The van der Waals surface area contributed by atoms with E-state index in [0.29, 0.717) is 36.9 Å². The number of aromatic hydroxyl groups is 1. The van der Waals surface area contributed by atoms with Gasteiger partial charge in [0.15, 0.2) is 0 Å². The zero-order chi connectivity index (χ0) is 13.5. The summed E-state index contributed by atoms with van der Waals surface area (Å²) in [5, 5.41) is 12.2. The maximum atomic E-state index is 11.8. The molecule has 5 heteroatoms. The molecule has 4 N–H and O–H groups in total. The molecule has 0 saturated carbocycles. The fourth-order valence-corrected chi connectivity index (χ4v) is 1.59. The minimum atomic E-state index is -0.329. The Hall–Kier alpha value is -2.04. The van der Waals surface area contributed by atoms with E-state index in [0.717, 1.165) is 0 Å². The van der Waals surface area contributed by atoms with E-state index in [1.165, 1.54) is 0 Å².